The second-order valence-corrected chi connectivity index (χ2v) is 8.56. The van der Waals surface area contributed by atoms with Crippen LogP contribution >= 0.6 is 0 Å². The van der Waals surface area contributed by atoms with Crippen molar-refractivity contribution in [1.82, 2.24) is 19.4 Å². The number of hydrogen-bond donors (Lipinski definition) is 0. The molecule has 0 spiro atoms. The average molecular weight is 413 g/mol. The fraction of sp³-hybridized carbons (Fsp3) is 0.545. The van der Waals surface area contributed by atoms with E-state index < -0.39 is 5.82 Å². The summed E-state index contributed by atoms with van der Waals surface area (Å²) >= 11 is 0. The Morgan fingerprint density at radius 1 is 1.37 bits per heavy atom. The smallest absolute Gasteiger partial charge is 0.255 e. The van der Waals surface area contributed by atoms with Crippen molar-refractivity contribution in [1.29, 1.82) is 0 Å². The number of fused-ring (bicyclic) bond motifs is 1. The molecule has 2 aliphatic rings. The standard InChI is InChI=1S/C22H28FN5O2/c1-5-6-13(2)21(30)28-11-15-16(12-28)20(15)27(4)22-25-18(9-19(29)26(22)3)14-7-8-24-10-17(14)23/h7-10,13,15-16,20H,5-6,11-12H2,1-4H3/t13?,15-,16+,20+. The molecule has 2 aromatic heterocycles. The number of rotatable bonds is 6. The van der Waals surface area contributed by atoms with Gasteiger partial charge in [0.1, 0.15) is 0 Å². The fourth-order valence-electron chi connectivity index (χ4n) is 4.81. The molecule has 1 saturated heterocycles. The quantitative estimate of drug-likeness (QED) is 0.727. The summed E-state index contributed by atoms with van der Waals surface area (Å²) in [4.78, 5) is 37.5. The van der Waals surface area contributed by atoms with Crippen LogP contribution in [-0.4, -0.2) is 51.5 Å². The third-order valence-electron chi connectivity index (χ3n) is 6.53. The first-order valence-corrected chi connectivity index (χ1v) is 10.5. The number of halogens is 1. The van der Waals surface area contributed by atoms with Crippen molar-refractivity contribution in [2.24, 2.45) is 24.8 Å². The molecule has 4 rings (SSSR count). The Hall–Kier alpha value is -2.77. The van der Waals surface area contributed by atoms with Crippen molar-refractivity contribution in [3.63, 3.8) is 0 Å². The van der Waals surface area contributed by atoms with Gasteiger partial charge in [0.2, 0.25) is 11.9 Å². The second kappa shape index (κ2) is 7.81. The van der Waals surface area contributed by atoms with Crippen molar-refractivity contribution in [2.75, 3.05) is 25.0 Å². The Kier molecular flexibility index (Phi) is 5.34. The van der Waals surface area contributed by atoms with E-state index in [1.807, 2.05) is 23.8 Å². The van der Waals surface area contributed by atoms with E-state index in [2.05, 4.69) is 16.9 Å². The fourth-order valence-corrected chi connectivity index (χ4v) is 4.81. The molecule has 1 amide bonds. The van der Waals surface area contributed by atoms with Gasteiger partial charge < -0.3 is 9.80 Å². The minimum absolute atomic E-state index is 0.0677. The van der Waals surface area contributed by atoms with Gasteiger partial charge >= 0.3 is 0 Å². The topological polar surface area (TPSA) is 71.3 Å². The third kappa shape index (κ3) is 3.48. The molecule has 4 atom stereocenters. The van der Waals surface area contributed by atoms with Gasteiger partial charge in [0.05, 0.1) is 11.9 Å². The number of pyridine rings is 1. The van der Waals surface area contributed by atoms with Gasteiger partial charge in [-0.05, 0) is 12.5 Å². The van der Waals surface area contributed by atoms with Crippen LogP contribution in [0.4, 0.5) is 10.3 Å². The van der Waals surface area contributed by atoms with Crippen molar-refractivity contribution >= 4 is 11.9 Å². The highest BCUT2D eigenvalue weighted by atomic mass is 19.1. The molecule has 1 unspecified atom stereocenters. The predicted octanol–water partition coefficient (Wildman–Crippen LogP) is 2.31. The zero-order chi connectivity index (χ0) is 21.6. The maximum absolute atomic E-state index is 14.2. The van der Waals surface area contributed by atoms with E-state index in [0.29, 0.717) is 23.5 Å². The Morgan fingerprint density at radius 2 is 2.07 bits per heavy atom. The Balaban J connectivity index is 1.52. The van der Waals surface area contributed by atoms with Crippen LogP contribution in [0.5, 0.6) is 0 Å². The number of hydrogen-bond acceptors (Lipinski definition) is 5. The van der Waals surface area contributed by atoms with Crippen LogP contribution < -0.4 is 10.5 Å². The lowest BCUT2D eigenvalue weighted by Crippen LogP contribution is -2.40. The number of aromatic nitrogens is 3. The van der Waals surface area contributed by atoms with E-state index in [1.165, 1.54) is 22.9 Å². The van der Waals surface area contributed by atoms with Gasteiger partial charge in [0, 0.05) is 68.8 Å². The van der Waals surface area contributed by atoms with E-state index in [1.54, 1.807) is 7.05 Å². The van der Waals surface area contributed by atoms with Crippen LogP contribution in [0.15, 0.2) is 29.3 Å². The summed E-state index contributed by atoms with van der Waals surface area (Å²) in [6, 6.07) is 3.10. The number of nitrogens with zero attached hydrogens (tertiary/aromatic N) is 5. The Morgan fingerprint density at radius 3 is 2.70 bits per heavy atom. The van der Waals surface area contributed by atoms with Crippen LogP contribution in [0.1, 0.15) is 26.7 Å². The number of piperidine rings is 1. The van der Waals surface area contributed by atoms with E-state index >= 15 is 0 Å². The van der Waals surface area contributed by atoms with Gasteiger partial charge in [0.25, 0.3) is 5.56 Å². The highest BCUT2D eigenvalue weighted by molar-refractivity contribution is 5.79. The number of amides is 1. The second-order valence-electron chi connectivity index (χ2n) is 8.56. The number of carbonyl (C=O) groups excluding carboxylic acids is 1. The molecule has 3 heterocycles. The van der Waals surface area contributed by atoms with Crippen molar-refractivity contribution in [3.8, 4) is 11.3 Å². The van der Waals surface area contributed by atoms with Crippen molar-refractivity contribution < 1.29 is 9.18 Å². The first-order chi connectivity index (χ1) is 14.3. The third-order valence-corrected chi connectivity index (χ3v) is 6.53. The molecule has 0 aromatic carbocycles. The van der Waals surface area contributed by atoms with Gasteiger partial charge in [-0.3, -0.25) is 19.1 Å². The molecular weight excluding hydrogens is 385 g/mol. The van der Waals surface area contributed by atoms with Gasteiger partial charge in [-0.25, -0.2) is 9.37 Å². The lowest BCUT2D eigenvalue weighted by atomic mass is 10.0. The summed E-state index contributed by atoms with van der Waals surface area (Å²) in [6.07, 6.45) is 4.52. The zero-order valence-corrected chi connectivity index (χ0v) is 17.9. The summed E-state index contributed by atoms with van der Waals surface area (Å²) in [7, 11) is 3.59. The predicted molar refractivity (Wildman–Crippen MR) is 112 cm³/mol. The van der Waals surface area contributed by atoms with Crippen LogP contribution in [0.25, 0.3) is 11.3 Å². The largest absolute Gasteiger partial charge is 0.342 e. The van der Waals surface area contributed by atoms with Gasteiger partial charge in [0.15, 0.2) is 5.82 Å². The molecule has 1 aliphatic heterocycles. The summed E-state index contributed by atoms with van der Waals surface area (Å²) in [5.74, 6) is 1.07. The molecule has 2 aromatic rings. The van der Waals surface area contributed by atoms with E-state index in [0.717, 1.165) is 32.1 Å². The number of anilines is 1. The minimum Gasteiger partial charge on any atom is -0.342 e. The molecule has 0 radical (unpaired) electrons. The molecule has 2 fully saturated rings. The molecule has 8 heteroatoms. The van der Waals surface area contributed by atoms with E-state index in [4.69, 9.17) is 0 Å². The summed E-state index contributed by atoms with van der Waals surface area (Å²) < 4.78 is 15.7. The van der Waals surface area contributed by atoms with E-state index in [9.17, 15) is 14.0 Å². The van der Waals surface area contributed by atoms with Crippen molar-refractivity contribution in [3.05, 3.63) is 40.7 Å². The highest BCUT2D eigenvalue weighted by Crippen LogP contribution is 2.49. The molecule has 30 heavy (non-hydrogen) atoms. The van der Waals surface area contributed by atoms with Gasteiger partial charge in [-0.15, -0.1) is 0 Å². The van der Waals surface area contributed by atoms with Crippen LogP contribution in [0.2, 0.25) is 0 Å². The number of likely N-dealkylation sites (tertiary alicyclic amines) is 1. The monoisotopic (exact) mass is 413 g/mol. The molecule has 0 bridgehead atoms. The lowest BCUT2D eigenvalue weighted by molar-refractivity contribution is -0.134. The van der Waals surface area contributed by atoms with Crippen LogP contribution in [0.3, 0.4) is 0 Å². The van der Waals surface area contributed by atoms with Gasteiger partial charge in [-0.2, -0.15) is 0 Å². The SMILES string of the molecule is CCCC(C)C(=O)N1C[C@@H]2[C@H](C1)[C@H]2N(C)c1nc(-c2ccncc2F)cc(=O)n1C. The Labute approximate surface area is 175 Å². The first kappa shape index (κ1) is 20.5. The molecule has 160 valence electrons. The average Bonchev–Trinajstić information content (AvgIpc) is 3.22. The summed E-state index contributed by atoms with van der Waals surface area (Å²) in [6.45, 7) is 5.60. The summed E-state index contributed by atoms with van der Waals surface area (Å²) in [5, 5.41) is 0. The van der Waals surface area contributed by atoms with Crippen LogP contribution in [-0.2, 0) is 11.8 Å². The van der Waals surface area contributed by atoms with Crippen LogP contribution in [0, 0.1) is 23.6 Å². The van der Waals surface area contributed by atoms with Crippen molar-refractivity contribution in [2.45, 2.75) is 32.7 Å². The normalized spacial score (nSPS) is 23.2. The maximum atomic E-state index is 14.2. The lowest BCUT2D eigenvalue weighted by Gasteiger charge is -2.27. The Bertz CT molecular complexity index is 1010. The summed E-state index contributed by atoms with van der Waals surface area (Å²) in [5.41, 5.74) is 0.319. The molecule has 7 nitrogen and oxygen atoms in total. The molecule has 0 N–H and O–H groups in total. The molecule has 1 aliphatic carbocycles. The zero-order valence-electron chi connectivity index (χ0n) is 17.9. The maximum Gasteiger partial charge on any atom is 0.255 e. The first-order valence-electron chi connectivity index (χ1n) is 10.5. The molecule has 1 saturated carbocycles. The highest BCUT2D eigenvalue weighted by Gasteiger charge is 2.59. The minimum atomic E-state index is -0.509. The molecular formula is C22H28FN5O2. The van der Waals surface area contributed by atoms with E-state index in [-0.39, 0.29) is 29.0 Å². The number of carbonyl (C=O) groups is 1. The van der Waals surface area contributed by atoms with Gasteiger partial charge in [-0.1, -0.05) is 20.3 Å².